The molecule has 1 amide bonds. The molecule has 1 fully saturated rings. The molecule has 0 aromatic heterocycles. The second-order valence-electron chi connectivity index (χ2n) is 6.97. The van der Waals surface area contributed by atoms with Crippen LogP contribution in [0.4, 0.5) is 11.4 Å². The molecule has 0 radical (unpaired) electrons. The average Bonchev–Trinajstić information content (AvgIpc) is 2.62. The lowest BCUT2D eigenvalue weighted by atomic mass is 9.94. The van der Waals surface area contributed by atoms with Gasteiger partial charge in [0.1, 0.15) is 0 Å². The quantitative estimate of drug-likeness (QED) is 0.804. The minimum atomic E-state index is 0.0654. The first-order valence-electron chi connectivity index (χ1n) is 8.95. The van der Waals surface area contributed by atoms with Crippen LogP contribution in [0.2, 0.25) is 5.02 Å². The Balaban J connectivity index is 1.61. The Morgan fingerprint density at radius 1 is 1.12 bits per heavy atom. The number of nitrogens with zero attached hydrogens (tertiary/aromatic N) is 1. The van der Waals surface area contributed by atoms with E-state index in [0.717, 1.165) is 42.3 Å². The van der Waals surface area contributed by atoms with Gasteiger partial charge in [-0.3, -0.25) is 4.79 Å². The van der Waals surface area contributed by atoms with Crippen molar-refractivity contribution < 1.29 is 4.79 Å². The molecule has 2 aromatic rings. The van der Waals surface area contributed by atoms with Crippen molar-refractivity contribution in [1.82, 2.24) is 0 Å². The molecule has 0 atom stereocenters. The predicted octanol–water partition coefficient (Wildman–Crippen LogP) is 5.32. The number of hydrogen-bond donors (Lipinski definition) is 1. The molecule has 4 heteroatoms. The van der Waals surface area contributed by atoms with E-state index in [-0.39, 0.29) is 11.8 Å². The van der Waals surface area contributed by atoms with Crippen LogP contribution in [-0.2, 0) is 4.79 Å². The van der Waals surface area contributed by atoms with Gasteiger partial charge in [0.2, 0.25) is 5.91 Å². The molecule has 0 saturated carbocycles. The van der Waals surface area contributed by atoms with Gasteiger partial charge in [-0.05, 0) is 48.6 Å². The number of rotatable bonds is 4. The third-order valence-corrected chi connectivity index (χ3v) is 5.11. The zero-order valence-electron chi connectivity index (χ0n) is 14.8. The highest BCUT2D eigenvalue weighted by atomic mass is 35.5. The molecule has 1 saturated heterocycles. The van der Waals surface area contributed by atoms with Crippen LogP contribution in [0.25, 0.3) is 0 Å². The van der Waals surface area contributed by atoms with Crippen molar-refractivity contribution in [1.29, 1.82) is 0 Å². The maximum Gasteiger partial charge on any atom is 0.227 e. The normalized spacial score (nSPS) is 15.4. The summed E-state index contributed by atoms with van der Waals surface area (Å²) in [5, 5.41) is 3.90. The van der Waals surface area contributed by atoms with Crippen LogP contribution in [-0.4, -0.2) is 19.0 Å². The van der Waals surface area contributed by atoms with Gasteiger partial charge in [-0.25, -0.2) is 0 Å². The highest BCUT2D eigenvalue weighted by molar-refractivity contribution is 6.30. The summed E-state index contributed by atoms with van der Waals surface area (Å²) >= 11 is 6.08. The SMILES string of the molecule is CC(C)c1ccccc1NC(=O)C1CCN(c2cccc(Cl)c2)CC1. The molecule has 0 bridgehead atoms. The number of piperidine rings is 1. The first-order valence-corrected chi connectivity index (χ1v) is 9.32. The molecule has 0 spiro atoms. The van der Waals surface area contributed by atoms with Gasteiger partial charge < -0.3 is 10.2 Å². The third kappa shape index (κ3) is 4.35. The third-order valence-electron chi connectivity index (χ3n) is 4.88. The summed E-state index contributed by atoms with van der Waals surface area (Å²) in [5.41, 5.74) is 3.27. The lowest BCUT2D eigenvalue weighted by molar-refractivity contribution is -0.120. The van der Waals surface area contributed by atoms with Crippen LogP contribution in [0.15, 0.2) is 48.5 Å². The highest BCUT2D eigenvalue weighted by Gasteiger charge is 2.25. The maximum absolute atomic E-state index is 12.7. The van der Waals surface area contributed by atoms with Crippen molar-refractivity contribution in [3.8, 4) is 0 Å². The van der Waals surface area contributed by atoms with Crippen LogP contribution in [0, 0.1) is 5.92 Å². The van der Waals surface area contributed by atoms with E-state index in [9.17, 15) is 4.79 Å². The van der Waals surface area contributed by atoms with Gasteiger partial charge in [0, 0.05) is 35.4 Å². The Morgan fingerprint density at radius 2 is 1.84 bits per heavy atom. The van der Waals surface area contributed by atoms with Gasteiger partial charge in [0.05, 0.1) is 0 Å². The van der Waals surface area contributed by atoms with Crippen LogP contribution in [0.1, 0.15) is 38.2 Å². The number of carbonyl (C=O) groups excluding carboxylic acids is 1. The number of amides is 1. The van der Waals surface area contributed by atoms with Gasteiger partial charge in [0.15, 0.2) is 0 Å². The summed E-state index contributed by atoms with van der Waals surface area (Å²) in [6.07, 6.45) is 1.73. The molecule has 1 aliphatic rings. The van der Waals surface area contributed by atoms with Gasteiger partial charge in [0.25, 0.3) is 0 Å². The fourth-order valence-corrected chi connectivity index (χ4v) is 3.61. The molecule has 1 N–H and O–H groups in total. The van der Waals surface area contributed by atoms with Crippen LogP contribution in [0.3, 0.4) is 0 Å². The molecule has 1 aliphatic heterocycles. The van der Waals surface area contributed by atoms with Crippen molar-refractivity contribution in [2.75, 3.05) is 23.3 Å². The minimum Gasteiger partial charge on any atom is -0.371 e. The number of nitrogens with one attached hydrogen (secondary N) is 1. The minimum absolute atomic E-state index is 0.0654. The standard InChI is InChI=1S/C21H25ClN2O/c1-15(2)19-8-3-4-9-20(19)23-21(25)16-10-12-24(13-11-16)18-7-5-6-17(22)14-18/h3-9,14-16H,10-13H2,1-2H3,(H,23,25). The van der Waals surface area contributed by atoms with E-state index >= 15 is 0 Å². The summed E-state index contributed by atoms with van der Waals surface area (Å²) < 4.78 is 0. The lowest BCUT2D eigenvalue weighted by Gasteiger charge is -2.33. The van der Waals surface area contributed by atoms with Gasteiger partial charge in [-0.1, -0.05) is 49.7 Å². The van der Waals surface area contributed by atoms with E-state index in [0.29, 0.717) is 5.92 Å². The predicted molar refractivity (Wildman–Crippen MR) is 106 cm³/mol. The van der Waals surface area contributed by atoms with E-state index in [1.54, 1.807) is 0 Å². The van der Waals surface area contributed by atoms with E-state index < -0.39 is 0 Å². The van der Waals surface area contributed by atoms with Gasteiger partial charge in [-0.15, -0.1) is 0 Å². The number of benzene rings is 2. The smallest absolute Gasteiger partial charge is 0.227 e. The Hall–Kier alpha value is -2.00. The molecule has 2 aromatic carbocycles. The monoisotopic (exact) mass is 356 g/mol. The molecule has 3 nitrogen and oxygen atoms in total. The van der Waals surface area contributed by atoms with E-state index in [1.165, 1.54) is 5.56 Å². The summed E-state index contributed by atoms with van der Waals surface area (Å²) in [4.78, 5) is 15.0. The number of carbonyl (C=O) groups is 1. The summed E-state index contributed by atoms with van der Waals surface area (Å²) in [6, 6.07) is 16.0. The second-order valence-corrected chi connectivity index (χ2v) is 7.41. The van der Waals surface area contributed by atoms with Crippen molar-refractivity contribution >= 4 is 28.9 Å². The van der Waals surface area contributed by atoms with Crippen molar-refractivity contribution in [2.24, 2.45) is 5.92 Å². The fraction of sp³-hybridized carbons (Fsp3) is 0.381. The first kappa shape index (κ1) is 17.8. The second kappa shape index (κ2) is 7.92. The molecule has 0 unspecified atom stereocenters. The summed E-state index contributed by atoms with van der Waals surface area (Å²) in [5.74, 6) is 0.593. The Morgan fingerprint density at radius 3 is 2.52 bits per heavy atom. The Bertz CT molecular complexity index is 736. The first-order chi connectivity index (χ1) is 12.0. The molecule has 1 heterocycles. The molecular formula is C21H25ClN2O. The van der Waals surface area contributed by atoms with E-state index in [2.05, 4.69) is 36.2 Å². The zero-order valence-corrected chi connectivity index (χ0v) is 15.6. The summed E-state index contributed by atoms with van der Waals surface area (Å²) in [6.45, 7) is 6.05. The highest BCUT2D eigenvalue weighted by Crippen LogP contribution is 2.28. The number of halogens is 1. The number of anilines is 2. The van der Waals surface area contributed by atoms with Gasteiger partial charge in [-0.2, -0.15) is 0 Å². The van der Waals surface area contributed by atoms with E-state index in [4.69, 9.17) is 11.6 Å². The summed E-state index contributed by atoms with van der Waals surface area (Å²) in [7, 11) is 0. The van der Waals surface area contributed by atoms with Crippen molar-refractivity contribution in [3.05, 3.63) is 59.1 Å². The van der Waals surface area contributed by atoms with Crippen molar-refractivity contribution in [3.63, 3.8) is 0 Å². The molecule has 132 valence electrons. The Kier molecular flexibility index (Phi) is 5.64. The molecular weight excluding hydrogens is 332 g/mol. The lowest BCUT2D eigenvalue weighted by Crippen LogP contribution is -2.38. The largest absolute Gasteiger partial charge is 0.371 e. The maximum atomic E-state index is 12.7. The van der Waals surface area contributed by atoms with E-state index in [1.807, 2.05) is 36.4 Å². The fourth-order valence-electron chi connectivity index (χ4n) is 3.42. The average molecular weight is 357 g/mol. The zero-order chi connectivity index (χ0) is 17.8. The topological polar surface area (TPSA) is 32.3 Å². The van der Waals surface area contributed by atoms with Crippen LogP contribution in [0.5, 0.6) is 0 Å². The van der Waals surface area contributed by atoms with Crippen molar-refractivity contribution in [2.45, 2.75) is 32.6 Å². The Labute approximate surface area is 155 Å². The molecule has 0 aliphatic carbocycles. The molecule has 25 heavy (non-hydrogen) atoms. The van der Waals surface area contributed by atoms with Crippen LogP contribution >= 0.6 is 11.6 Å². The number of hydrogen-bond acceptors (Lipinski definition) is 2. The molecule has 3 rings (SSSR count). The van der Waals surface area contributed by atoms with Crippen LogP contribution < -0.4 is 10.2 Å². The number of para-hydroxylation sites is 1. The van der Waals surface area contributed by atoms with Gasteiger partial charge >= 0.3 is 0 Å².